The van der Waals surface area contributed by atoms with Gasteiger partial charge in [0.2, 0.25) is 10.0 Å². The van der Waals surface area contributed by atoms with Gasteiger partial charge < -0.3 is 15.1 Å². The predicted molar refractivity (Wildman–Crippen MR) is 165 cm³/mol. The van der Waals surface area contributed by atoms with Crippen LogP contribution in [0.5, 0.6) is 0 Å². The number of pyridine rings is 1. The van der Waals surface area contributed by atoms with Gasteiger partial charge in [0.1, 0.15) is 0 Å². The van der Waals surface area contributed by atoms with Crippen LogP contribution in [0, 0.1) is 12.8 Å². The maximum atomic E-state index is 13.6. The molecule has 2 aromatic rings. The van der Waals surface area contributed by atoms with Crippen LogP contribution in [-0.2, 0) is 10.0 Å². The molecule has 41 heavy (non-hydrogen) atoms. The fraction of sp³-hybridized carbons (Fsp3) is 0.625. The number of sulfonamides is 1. The van der Waals surface area contributed by atoms with Crippen LogP contribution >= 0.6 is 0 Å². The van der Waals surface area contributed by atoms with Gasteiger partial charge in [-0.2, -0.15) is 0 Å². The average molecular weight is 582 g/mol. The lowest BCUT2D eigenvalue weighted by Crippen LogP contribution is -2.52. The van der Waals surface area contributed by atoms with Crippen LogP contribution in [0.1, 0.15) is 78.8 Å². The van der Waals surface area contributed by atoms with Crippen molar-refractivity contribution >= 4 is 21.6 Å². The third kappa shape index (κ3) is 7.30. The minimum absolute atomic E-state index is 0.0763. The molecule has 8 nitrogen and oxygen atoms in total. The van der Waals surface area contributed by atoms with Gasteiger partial charge in [0.25, 0.3) is 5.91 Å². The highest BCUT2D eigenvalue weighted by Gasteiger charge is 2.33. The van der Waals surface area contributed by atoms with Crippen LogP contribution in [0.15, 0.2) is 42.7 Å². The zero-order valence-corrected chi connectivity index (χ0v) is 25.8. The molecule has 5 rings (SSSR count). The van der Waals surface area contributed by atoms with E-state index in [0.29, 0.717) is 23.4 Å². The van der Waals surface area contributed by atoms with Gasteiger partial charge in [0.05, 0.1) is 23.7 Å². The summed E-state index contributed by atoms with van der Waals surface area (Å²) >= 11 is 0. The number of carbonyl (C=O) groups is 1. The molecule has 224 valence electrons. The van der Waals surface area contributed by atoms with Crippen molar-refractivity contribution in [2.24, 2.45) is 5.92 Å². The number of aromatic nitrogens is 1. The molecular formula is C32H47N5O3S. The Hall–Kier alpha value is -2.49. The first-order valence-electron chi connectivity index (χ1n) is 15.4. The van der Waals surface area contributed by atoms with Gasteiger partial charge in [-0.1, -0.05) is 36.8 Å². The Balaban J connectivity index is 1.11. The molecule has 1 aliphatic carbocycles. The first kappa shape index (κ1) is 30.0. The number of hydrogen-bond acceptors (Lipinski definition) is 6. The maximum Gasteiger partial charge on any atom is 0.255 e. The van der Waals surface area contributed by atoms with Gasteiger partial charge in [-0.15, -0.1) is 0 Å². The Morgan fingerprint density at radius 2 is 1.71 bits per heavy atom. The largest absolute Gasteiger partial charge is 0.383 e. The lowest BCUT2D eigenvalue weighted by Gasteiger charge is -2.43. The molecule has 2 unspecified atom stereocenters. The van der Waals surface area contributed by atoms with Gasteiger partial charge in [-0.25, -0.2) is 12.7 Å². The predicted octanol–water partition coefficient (Wildman–Crippen LogP) is 4.74. The zero-order chi connectivity index (χ0) is 29.0. The van der Waals surface area contributed by atoms with E-state index in [2.05, 4.69) is 45.5 Å². The van der Waals surface area contributed by atoms with Gasteiger partial charge in [0.15, 0.2) is 0 Å². The monoisotopic (exact) mass is 581 g/mol. The van der Waals surface area contributed by atoms with E-state index in [1.807, 2.05) is 18.0 Å². The Morgan fingerprint density at radius 3 is 2.39 bits per heavy atom. The molecule has 2 atom stereocenters. The molecule has 3 aliphatic rings. The van der Waals surface area contributed by atoms with E-state index in [9.17, 15) is 13.2 Å². The van der Waals surface area contributed by atoms with E-state index in [1.165, 1.54) is 41.8 Å². The summed E-state index contributed by atoms with van der Waals surface area (Å²) in [5, 5.41) is 3.64. The lowest BCUT2D eigenvalue weighted by atomic mass is 9.78. The van der Waals surface area contributed by atoms with Gasteiger partial charge in [0, 0.05) is 45.0 Å². The van der Waals surface area contributed by atoms with E-state index in [-0.39, 0.29) is 11.9 Å². The standard InChI is InChI=1S/C32H47N5O3S/c1-24-30(22-33-23-31(24)34-21-25-8-7-11-27(20-25)26-9-5-4-6-10-26)32(38)37-18-14-29(15-19-37)36-16-12-28(13-17-36)35(2)41(3,39)40/h4-6,9-10,22-23,25,27-29,34H,7-8,11-21H2,1-3H3. The first-order chi connectivity index (χ1) is 19.7. The third-order valence-electron chi connectivity index (χ3n) is 9.89. The molecule has 2 saturated heterocycles. The topological polar surface area (TPSA) is 85.8 Å². The Kier molecular flexibility index (Phi) is 9.66. The second-order valence-corrected chi connectivity index (χ2v) is 14.5. The number of carbonyl (C=O) groups excluding carboxylic acids is 1. The highest BCUT2D eigenvalue weighted by molar-refractivity contribution is 7.88. The van der Waals surface area contributed by atoms with E-state index in [1.54, 1.807) is 13.2 Å². The molecule has 0 bridgehead atoms. The third-order valence-corrected chi connectivity index (χ3v) is 11.2. The van der Waals surface area contributed by atoms with Crippen LogP contribution in [0.3, 0.4) is 0 Å². The summed E-state index contributed by atoms with van der Waals surface area (Å²) in [7, 11) is -1.46. The normalized spacial score (nSPS) is 23.6. The van der Waals surface area contributed by atoms with Crippen LogP contribution in [-0.4, -0.2) is 91.5 Å². The Labute approximate surface area is 246 Å². The molecule has 1 N–H and O–H groups in total. The first-order valence-corrected chi connectivity index (χ1v) is 17.2. The van der Waals surface area contributed by atoms with Crippen LogP contribution in [0.4, 0.5) is 5.69 Å². The SMILES string of the molecule is Cc1c(NCC2CCCC(c3ccccc3)C2)cncc1C(=O)N1CCC(N2CCC(N(C)S(C)(=O)=O)CC2)CC1. The van der Waals surface area contributed by atoms with E-state index in [0.717, 1.165) is 69.7 Å². The summed E-state index contributed by atoms with van der Waals surface area (Å²) in [5.74, 6) is 1.32. The summed E-state index contributed by atoms with van der Waals surface area (Å²) in [6.07, 6.45) is 13.5. The summed E-state index contributed by atoms with van der Waals surface area (Å²) < 4.78 is 25.4. The summed E-state index contributed by atoms with van der Waals surface area (Å²) in [6.45, 7) is 6.25. The molecule has 1 amide bonds. The Bertz CT molecular complexity index is 1270. The molecule has 9 heteroatoms. The summed E-state index contributed by atoms with van der Waals surface area (Å²) in [6, 6.07) is 11.4. The molecular weight excluding hydrogens is 534 g/mol. The second-order valence-electron chi connectivity index (χ2n) is 12.5. The van der Waals surface area contributed by atoms with E-state index in [4.69, 9.17) is 0 Å². The minimum atomic E-state index is -3.16. The molecule has 3 fully saturated rings. The molecule has 0 spiro atoms. The van der Waals surface area contributed by atoms with Crippen LogP contribution < -0.4 is 5.32 Å². The highest BCUT2D eigenvalue weighted by Crippen LogP contribution is 2.36. The number of likely N-dealkylation sites (tertiary alicyclic amines) is 2. The van der Waals surface area contributed by atoms with Crippen molar-refractivity contribution in [2.45, 2.75) is 76.3 Å². The highest BCUT2D eigenvalue weighted by atomic mass is 32.2. The zero-order valence-electron chi connectivity index (χ0n) is 25.0. The molecule has 1 saturated carbocycles. The Morgan fingerprint density at radius 1 is 1.00 bits per heavy atom. The minimum Gasteiger partial charge on any atom is -0.383 e. The van der Waals surface area contributed by atoms with E-state index < -0.39 is 10.0 Å². The van der Waals surface area contributed by atoms with Crippen molar-refractivity contribution in [3.05, 3.63) is 59.4 Å². The molecule has 2 aliphatic heterocycles. The maximum absolute atomic E-state index is 13.6. The number of rotatable bonds is 8. The number of benzene rings is 1. The lowest BCUT2D eigenvalue weighted by molar-refractivity contribution is 0.0547. The number of nitrogens with one attached hydrogen (secondary N) is 1. The van der Waals surface area contributed by atoms with Crippen LogP contribution in [0.25, 0.3) is 0 Å². The van der Waals surface area contributed by atoms with Crippen molar-refractivity contribution in [1.29, 1.82) is 0 Å². The van der Waals surface area contributed by atoms with Crippen molar-refractivity contribution < 1.29 is 13.2 Å². The van der Waals surface area contributed by atoms with Crippen molar-refractivity contribution in [1.82, 2.24) is 19.1 Å². The molecule has 3 heterocycles. The average Bonchev–Trinajstić information content (AvgIpc) is 3.00. The smallest absolute Gasteiger partial charge is 0.255 e. The fourth-order valence-corrected chi connectivity index (χ4v) is 7.92. The number of nitrogens with zero attached hydrogens (tertiary/aromatic N) is 4. The molecule has 0 radical (unpaired) electrons. The van der Waals surface area contributed by atoms with Crippen molar-refractivity contribution in [3.63, 3.8) is 0 Å². The molecule has 1 aromatic carbocycles. The number of piperidine rings is 2. The summed E-state index contributed by atoms with van der Waals surface area (Å²) in [5.41, 5.74) is 4.11. The number of amides is 1. The number of hydrogen-bond donors (Lipinski definition) is 1. The quantitative estimate of drug-likeness (QED) is 0.485. The van der Waals surface area contributed by atoms with Crippen LogP contribution in [0.2, 0.25) is 0 Å². The molecule has 1 aromatic heterocycles. The number of anilines is 1. The summed E-state index contributed by atoms with van der Waals surface area (Å²) in [4.78, 5) is 22.5. The van der Waals surface area contributed by atoms with E-state index >= 15 is 0 Å². The van der Waals surface area contributed by atoms with Crippen molar-refractivity contribution in [3.8, 4) is 0 Å². The fourth-order valence-electron chi connectivity index (χ4n) is 7.17. The van der Waals surface area contributed by atoms with Gasteiger partial charge in [-0.3, -0.25) is 9.78 Å². The van der Waals surface area contributed by atoms with Gasteiger partial charge in [-0.05, 0) is 87.9 Å². The van der Waals surface area contributed by atoms with Gasteiger partial charge >= 0.3 is 0 Å². The second kappa shape index (κ2) is 13.2. The van der Waals surface area contributed by atoms with Crippen molar-refractivity contribution in [2.75, 3.05) is 51.3 Å².